The molecule has 3 aromatic rings. The summed E-state index contributed by atoms with van der Waals surface area (Å²) in [5, 5.41) is 3.92. The molecular weight excluding hydrogens is 352 g/mol. The molecule has 1 N–H and O–H groups in total. The first kappa shape index (κ1) is 20.0. The molecule has 0 fully saturated rings. The Morgan fingerprint density at radius 1 is 1.18 bits per heavy atom. The van der Waals surface area contributed by atoms with E-state index in [1.54, 1.807) is 7.11 Å². The highest BCUT2D eigenvalue weighted by atomic mass is 16.5. The number of nitrogens with zero attached hydrogens (tertiary/aromatic N) is 1. The molecule has 0 radical (unpaired) electrons. The molecule has 1 heterocycles. The number of aryl methyl sites for hydroxylation is 2. The van der Waals surface area contributed by atoms with E-state index in [0.29, 0.717) is 17.9 Å². The van der Waals surface area contributed by atoms with Crippen molar-refractivity contribution in [1.82, 2.24) is 10.2 Å². The maximum Gasteiger partial charge on any atom is 0.287 e. The molecule has 1 atom stereocenters. The number of amides is 1. The molecule has 0 aliphatic carbocycles. The molecular formula is C23H28N2O3. The second-order valence-electron chi connectivity index (χ2n) is 7.20. The number of hydrogen-bond acceptors (Lipinski definition) is 4. The standard InChI is InChI=1S/C23H28N2O3/c1-6-16-7-9-17(10-8-16)20(25(3)4)14-24-23(26)22-15(2)19-13-18(27-5)11-12-21(19)28-22/h7-13,20H,6,14H2,1-5H3,(H,24,26)/t20-/m1/s1. The fourth-order valence-corrected chi connectivity index (χ4v) is 3.39. The summed E-state index contributed by atoms with van der Waals surface area (Å²) >= 11 is 0. The minimum atomic E-state index is -0.204. The highest BCUT2D eigenvalue weighted by Crippen LogP contribution is 2.29. The van der Waals surface area contributed by atoms with Crippen LogP contribution >= 0.6 is 0 Å². The van der Waals surface area contributed by atoms with Gasteiger partial charge in [-0.2, -0.15) is 0 Å². The van der Waals surface area contributed by atoms with Gasteiger partial charge in [0.25, 0.3) is 5.91 Å². The van der Waals surface area contributed by atoms with Gasteiger partial charge in [0.1, 0.15) is 11.3 Å². The molecule has 28 heavy (non-hydrogen) atoms. The van der Waals surface area contributed by atoms with Gasteiger partial charge < -0.3 is 19.4 Å². The van der Waals surface area contributed by atoms with Crippen molar-refractivity contribution in [2.75, 3.05) is 27.7 Å². The summed E-state index contributed by atoms with van der Waals surface area (Å²) in [5.74, 6) is 0.887. The first-order valence-electron chi connectivity index (χ1n) is 9.55. The van der Waals surface area contributed by atoms with Crippen LogP contribution in [0.4, 0.5) is 0 Å². The predicted molar refractivity (Wildman–Crippen MR) is 112 cm³/mol. The van der Waals surface area contributed by atoms with Crippen molar-refractivity contribution < 1.29 is 13.9 Å². The third kappa shape index (κ3) is 4.04. The van der Waals surface area contributed by atoms with Gasteiger partial charge in [0.15, 0.2) is 5.76 Å². The Bertz CT molecular complexity index is 958. The Kier molecular flexibility index (Phi) is 6.05. The molecule has 1 amide bonds. The minimum absolute atomic E-state index is 0.0830. The summed E-state index contributed by atoms with van der Waals surface area (Å²) in [6, 6.07) is 14.2. The van der Waals surface area contributed by atoms with Crippen LogP contribution in [0.1, 0.15) is 40.2 Å². The lowest BCUT2D eigenvalue weighted by Gasteiger charge is -2.25. The van der Waals surface area contributed by atoms with Crippen LogP contribution < -0.4 is 10.1 Å². The third-order valence-corrected chi connectivity index (χ3v) is 5.20. The first-order chi connectivity index (χ1) is 13.4. The molecule has 0 bridgehead atoms. The number of fused-ring (bicyclic) bond motifs is 1. The second-order valence-corrected chi connectivity index (χ2v) is 7.20. The fourth-order valence-electron chi connectivity index (χ4n) is 3.39. The highest BCUT2D eigenvalue weighted by molar-refractivity contribution is 5.99. The molecule has 0 spiro atoms. The summed E-state index contributed by atoms with van der Waals surface area (Å²) in [4.78, 5) is 14.9. The largest absolute Gasteiger partial charge is 0.497 e. The summed E-state index contributed by atoms with van der Waals surface area (Å²) in [6.07, 6.45) is 1.01. The highest BCUT2D eigenvalue weighted by Gasteiger charge is 2.21. The van der Waals surface area contributed by atoms with Gasteiger partial charge in [0.2, 0.25) is 0 Å². The van der Waals surface area contributed by atoms with Gasteiger partial charge in [-0.1, -0.05) is 31.2 Å². The summed E-state index contributed by atoms with van der Waals surface area (Å²) < 4.78 is 11.1. The average Bonchev–Trinajstić information content (AvgIpc) is 3.04. The third-order valence-electron chi connectivity index (χ3n) is 5.20. The van der Waals surface area contributed by atoms with E-state index in [4.69, 9.17) is 9.15 Å². The molecule has 0 saturated heterocycles. The number of methoxy groups -OCH3 is 1. The Hall–Kier alpha value is -2.79. The van der Waals surface area contributed by atoms with Crippen molar-refractivity contribution >= 4 is 16.9 Å². The number of furan rings is 1. The summed E-state index contributed by atoms with van der Waals surface area (Å²) in [6.45, 7) is 4.54. The van der Waals surface area contributed by atoms with E-state index < -0.39 is 0 Å². The summed E-state index contributed by atoms with van der Waals surface area (Å²) in [7, 11) is 5.66. The summed E-state index contributed by atoms with van der Waals surface area (Å²) in [5.41, 5.74) is 3.98. The lowest BCUT2D eigenvalue weighted by molar-refractivity contribution is 0.0915. The van der Waals surface area contributed by atoms with E-state index in [9.17, 15) is 4.79 Å². The van der Waals surface area contributed by atoms with Gasteiger partial charge in [0, 0.05) is 17.5 Å². The van der Waals surface area contributed by atoms with Crippen LogP contribution in [-0.4, -0.2) is 38.6 Å². The van der Waals surface area contributed by atoms with Crippen molar-refractivity contribution in [3.05, 3.63) is 64.9 Å². The second kappa shape index (κ2) is 8.48. The van der Waals surface area contributed by atoms with E-state index in [-0.39, 0.29) is 11.9 Å². The number of benzene rings is 2. The van der Waals surface area contributed by atoms with Crippen molar-refractivity contribution in [1.29, 1.82) is 0 Å². The number of ether oxygens (including phenoxy) is 1. The Morgan fingerprint density at radius 3 is 2.50 bits per heavy atom. The van der Waals surface area contributed by atoms with Crippen LogP contribution in [0.25, 0.3) is 11.0 Å². The van der Waals surface area contributed by atoms with Crippen LogP contribution in [0.5, 0.6) is 5.75 Å². The molecule has 0 unspecified atom stereocenters. The zero-order chi connectivity index (χ0) is 20.3. The van der Waals surface area contributed by atoms with Crippen LogP contribution in [0.3, 0.4) is 0 Å². The normalized spacial score (nSPS) is 12.4. The minimum Gasteiger partial charge on any atom is -0.497 e. The number of hydrogen-bond donors (Lipinski definition) is 1. The molecule has 0 saturated carbocycles. The topological polar surface area (TPSA) is 54.7 Å². The molecule has 0 aliphatic heterocycles. The number of rotatable bonds is 7. The lowest BCUT2D eigenvalue weighted by atomic mass is 10.0. The van der Waals surface area contributed by atoms with Crippen molar-refractivity contribution in [2.45, 2.75) is 26.3 Å². The van der Waals surface area contributed by atoms with Crippen LogP contribution in [0.15, 0.2) is 46.9 Å². The maximum absolute atomic E-state index is 12.8. The van der Waals surface area contributed by atoms with E-state index in [1.165, 1.54) is 11.1 Å². The SMILES string of the molecule is CCc1ccc([C@@H](CNC(=O)c2oc3ccc(OC)cc3c2C)N(C)C)cc1. The van der Waals surface area contributed by atoms with Crippen molar-refractivity contribution in [3.63, 3.8) is 0 Å². The zero-order valence-electron chi connectivity index (χ0n) is 17.2. The van der Waals surface area contributed by atoms with Crippen molar-refractivity contribution in [3.8, 4) is 5.75 Å². The quantitative estimate of drug-likeness (QED) is 0.662. The van der Waals surface area contributed by atoms with E-state index >= 15 is 0 Å². The molecule has 1 aromatic heterocycles. The Morgan fingerprint density at radius 2 is 1.89 bits per heavy atom. The number of carbonyl (C=O) groups is 1. The average molecular weight is 380 g/mol. The maximum atomic E-state index is 12.8. The number of likely N-dealkylation sites (N-methyl/N-ethyl adjacent to an activating group) is 1. The van der Waals surface area contributed by atoms with Gasteiger partial charge in [-0.25, -0.2) is 0 Å². The van der Waals surface area contributed by atoms with Gasteiger partial charge in [-0.05, 0) is 56.8 Å². The fraction of sp³-hybridized carbons (Fsp3) is 0.348. The number of carbonyl (C=O) groups excluding carboxylic acids is 1. The zero-order valence-corrected chi connectivity index (χ0v) is 17.2. The molecule has 0 aliphatic rings. The van der Waals surface area contributed by atoms with Crippen LogP contribution in [0, 0.1) is 6.92 Å². The number of nitrogens with one attached hydrogen (secondary N) is 1. The van der Waals surface area contributed by atoms with Gasteiger partial charge in [-0.15, -0.1) is 0 Å². The molecule has 3 rings (SSSR count). The van der Waals surface area contributed by atoms with E-state index in [2.05, 4.69) is 41.4 Å². The lowest BCUT2D eigenvalue weighted by Crippen LogP contribution is -2.34. The van der Waals surface area contributed by atoms with Crippen LogP contribution in [-0.2, 0) is 6.42 Å². The van der Waals surface area contributed by atoms with Gasteiger partial charge in [0.05, 0.1) is 13.2 Å². The van der Waals surface area contributed by atoms with Crippen LogP contribution in [0.2, 0.25) is 0 Å². The van der Waals surface area contributed by atoms with Gasteiger partial charge in [-0.3, -0.25) is 4.79 Å². The Balaban J connectivity index is 1.77. The van der Waals surface area contributed by atoms with Gasteiger partial charge >= 0.3 is 0 Å². The molecule has 2 aromatic carbocycles. The molecule has 5 heteroatoms. The first-order valence-corrected chi connectivity index (χ1v) is 9.55. The van der Waals surface area contributed by atoms with Crippen molar-refractivity contribution in [2.24, 2.45) is 0 Å². The smallest absolute Gasteiger partial charge is 0.287 e. The van der Waals surface area contributed by atoms with E-state index in [1.807, 2.05) is 39.2 Å². The van der Waals surface area contributed by atoms with E-state index in [0.717, 1.165) is 23.1 Å². The monoisotopic (exact) mass is 380 g/mol. The Labute approximate surface area is 166 Å². The predicted octanol–water partition coefficient (Wildman–Crippen LogP) is 4.34. The molecule has 5 nitrogen and oxygen atoms in total. The molecule has 148 valence electrons.